The average molecular weight is 410 g/mol. The Morgan fingerprint density at radius 3 is 2.62 bits per heavy atom. The van der Waals surface area contributed by atoms with Crippen LogP contribution in [-0.2, 0) is 4.79 Å². The summed E-state index contributed by atoms with van der Waals surface area (Å²) in [6.07, 6.45) is 6.10. The van der Waals surface area contributed by atoms with E-state index < -0.39 is 12.0 Å². The molecule has 1 fully saturated rings. The van der Waals surface area contributed by atoms with Crippen LogP contribution in [0.5, 0.6) is 0 Å². The molecule has 3 aromatic rings. The van der Waals surface area contributed by atoms with Crippen LogP contribution >= 0.6 is 11.6 Å². The van der Waals surface area contributed by atoms with E-state index in [4.69, 9.17) is 11.6 Å². The molecule has 1 aliphatic rings. The summed E-state index contributed by atoms with van der Waals surface area (Å²) in [7, 11) is 0. The fourth-order valence-electron chi connectivity index (χ4n) is 3.94. The number of fused-ring (bicyclic) bond motifs is 1. The summed E-state index contributed by atoms with van der Waals surface area (Å²) in [5.41, 5.74) is 2.85. The Morgan fingerprint density at radius 1 is 1.14 bits per heavy atom. The highest BCUT2D eigenvalue weighted by atomic mass is 35.5. The quantitative estimate of drug-likeness (QED) is 0.638. The summed E-state index contributed by atoms with van der Waals surface area (Å²) >= 11 is 6.06. The first kappa shape index (κ1) is 19.7. The number of benzene rings is 2. The second kappa shape index (κ2) is 8.82. The van der Waals surface area contributed by atoms with Crippen LogP contribution in [0.4, 0.5) is 0 Å². The summed E-state index contributed by atoms with van der Waals surface area (Å²) in [4.78, 5) is 19.7. The molecule has 0 unspecified atom stereocenters. The van der Waals surface area contributed by atoms with Gasteiger partial charge in [0.05, 0.1) is 0 Å². The van der Waals surface area contributed by atoms with Gasteiger partial charge >= 0.3 is 5.97 Å². The third-order valence-electron chi connectivity index (χ3n) is 5.45. The van der Waals surface area contributed by atoms with Gasteiger partial charge in [0.15, 0.2) is 0 Å². The van der Waals surface area contributed by atoms with Crippen molar-refractivity contribution >= 4 is 34.5 Å². The first-order chi connectivity index (χ1) is 14.1. The molecular weight excluding hydrogens is 386 g/mol. The third-order valence-corrected chi connectivity index (χ3v) is 5.68. The van der Waals surface area contributed by atoms with E-state index in [1.54, 1.807) is 12.3 Å². The maximum Gasteiger partial charge on any atom is 0.325 e. The molecule has 4 rings (SSSR count). The molecule has 1 aromatic heterocycles. The van der Waals surface area contributed by atoms with Crippen molar-refractivity contribution in [1.82, 2.24) is 14.8 Å². The van der Waals surface area contributed by atoms with Crippen molar-refractivity contribution in [3.8, 4) is 0 Å². The number of aromatic amines is 1. The van der Waals surface area contributed by atoms with Gasteiger partial charge in [-0.1, -0.05) is 60.2 Å². The topological polar surface area (TPSA) is 59.6 Å². The number of hydrogen-bond acceptors (Lipinski definition) is 3. The first-order valence-corrected chi connectivity index (χ1v) is 10.2. The molecular formula is C23H24ClN3O2. The molecule has 0 spiro atoms. The largest absolute Gasteiger partial charge is 0.480 e. The number of carboxylic acid groups (broad SMARTS) is 1. The molecule has 2 N–H and O–H groups in total. The maximum atomic E-state index is 12.1. The molecule has 0 saturated carbocycles. The number of nitrogens with one attached hydrogen (secondary N) is 1. The van der Waals surface area contributed by atoms with Gasteiger partial charge < -0.3 is 10.1 Å². The van der Waals surface area contributed by atoms with E-state index in [0.717, 1.165) is 49.2 Å². The van der Waals surface area contributed by atoms with Crippen LogP contribution < -0.4 is 0 Å². The molecule has 1 saturated heterocycles. The average Bonchev–Trinajstić information content (AvgIpc) is 3.12. The van der Waals surface area contributed by atoms with Crippen LogP contribution in [0.3, 0.4) is 0 Å². The van der Waals surface area contributed by atoms with Gasteiger partial charge in [-0.15, -0.1) is 0 Å². The second-order valence-electron chi connectivity index (χ2n) is 7.32. The SMILES string of the molecule is O=C(O)[C@@H](c1c[nH]c2cc(Cl)ccc12)N1CCN(C/C=C/c2ccccc2)CC1. The number of hydrogen-bond donors (Lipinski definition) is 2. The van der Waals surface area contributed by atoms with Crippen LogP contribution in [0, 0.1) is 0 Å². The Kier molecular flexibility index (Phi) is 6.00. The first-order valence-electron chi connectivity index (χ1n) is 9.79. The lowest BCUT2D eigenvalue weighted by Crippen LogP contribution is -2.49. The van der Waals surface area contributed by atoms with Crippen molar-refractivity contribution in [3.05, 3.63) is 77.0 Å². The highest BCUT2D eigenvalue weighted by Gasteiger charge is 2.31. The van der Waals surface area contributed by atoms with Gasteiger partial charge in [-0.3, -0.25) is 14.6 Å². The summed E-state index contributed by atoms with van der Waals surface area (Å²) in [6, 6.07) is 15.1. The summed E-state index contributed by atoms with van der Waals surface area (Å²) < 4.78 is 0. The Bertz CT molecular complexity index is 1010. The summed E-state index contributed by atoms with van der Waals surface area (Å²) in [6.45, 7) is 3.99. The van der Waals surface area contributed by atoms with Gasteiger partial charge in [0, 0.05) is 60.4 Å². The zero-order chi connectivity index (χ0) is 20.2. The molecule has 5 nitrogen and oxygen atoms in total. The molecule has 150 valence electrons. The third kappa shape index (κ3) is 4.53. The van der Waals surface area contributed by atoms with Crippen LogP contribution in [0.25, 0.3) is 17.0 Å². The van der Waals surface area contributed by atoms with Crippen molar-refractivity contribution < 1.29 is 9.90 Å². The van der Waals surface area contributed by atoms with Crippen LogP contribution in [0.2, 0.25) is 5.02 Å². The fraction of sp³-hybridized carbons (Fsp3) is 0.261. The monoisotopic (exact) mass is 409 g/mol. The van der Waals surface area contributed by atoms with Gasteiger partial charge in [0.1, 0.15) is 6.04 Å². The standard InChI is InChI=1S/C23H24ClN3O2/c24-18-8-9-19-20(16-25-21(19)15-18)22(23(28)29)27-13-11-26(12-14-27)10-4-7-17-5-2-1-3-6-17/h1-9,15-16,22,25H,10-14H2,(H,28,29)/b7-4+/t22-/m1/s1. The van der Waals surface area contributed by atoms with Gasteiger partial charge in [-0.2, -0.15) is 0 Å². The Hall–Kier alpha value is -2.60. The van der Waals surface area contributed by atoms with E-state index in [1.165, 1.54) is 5.56 Å². The van der Waals surface area contributed by atoms with Crippen molar-refractivity contribution in [2.24, 2.45) is 0 Å². The van der Waals surface area contributed by atoms with E-state index in [1.807, 2.05) is 30.3 Å². The molecule has 0 aliphatic carbocycles. The van der Waals surface area contributed by atoms with E-state index in [-0.39, 0.29) is 0 Å². The van der Waals surface area contributed by atoms with Crippen molar-refractivity contribution in [2.75, 3.05) is 32.7 Å². The Labute approximate surface area is 175 Å². The highest BCUT2D eigenvalue weighted by Crippen LogP contribution is 2.30. The lowest BCUT2D eigenvalue weighted by atomic mass is 10.0. The maximum absolute atomic E-state index is 12.1. The van der Waals surface area contributed by atoms with E-state index in [2.05, 4.69) is 39.1 Å². The van der Waals surface area contributed by atoms with Crippen LogP contribution in [0.15, 0.2) is 60.8 Å². The smallest absolute Gasteiger partial charge is 0.325 e. The minimum Gasteiger partial charge on any atom is -0.480 e. The second-order valence-corrected chi connectivity index (χ2v) is 7.76. The fourth-order valence-corrected chi connectivity index (χ4v) is 4.11. The zero-order valence-electron chi connectivity index (χ0n) is 16.1. The highest BCUT2D eigenvalue weighted by molar-refractivity contribution is 6.31. The zero-order valence-corrected chi connectivity index (χ0v) is 16.8. The van der Waals surface area contributed by atoms with E-state index in [9.17, 15) is 9.90 Å². The summed E-state index contributed by atoms with van der Waals surface area (Å²) in [5.74, 6) is -0.821. The molecule has 0 amide bonds. The number of piperazine rings is 1. The Balaban J connectivity index is 1.41. The number of aliphatic carboxylic acids is 1. The van der Waals surface area contributed by atoms with Crippen molar-refractivity contribution in [3.63, 3.8) is 0 Å². The molecule has 1 aliphatic heterocycles. The van der Waals surface area contributed by atoms with Gasteiger partial charge in [-0.25, -0.2) is 0 Å². The number of halogens is 1. The predicted molar refractivity (Wildman–Crippen MR) is 117 cm³/mol. The van der Waals surface area contributed by atoms with Crippen molar-refractivity contribution in [2.45, 2.75) is 6.04 Å². The minimum absolute atomic E-state index is 0.634. The molecule has 0 bridgehead atoms. The van der Waals surface area contributed by atoms with Gasteiger partial charge in [0.2, 0.25) is 0 Å². The lowest BCUT2D eigenvalue weighted by molar-refractivity contribution is -0.144. The number of carbonyl (C=O) groups is 1. The number of carboxylic acids is 1. The summed E-state index contributed by atoms with van der Waals surface area (Å²) in [5, 5.41) is 11.5. The molecule has 2 aromatic carbocycles. The Morgan fingerprint density at radius 2 is 1.90 bits per heavy atom. The molecule has 0 radical (unpaired) electrons. The van der Waals surface area contributed by atoms with E-state index in [0.29, 0.717) is 5.02 Å². The molecule has 2 heterocycles. The van der Waals surface area contributed by atoms with Gasteiger partial charge in [0.25, 0.3) is 0 Å². The molecule has 6 heteroatoms. The molecule has 1 atom stereocenters. The van der Waals surface area contributed by atoms with Crippen LogP contribution in [-0.4, -0.2) is 58.6 Å². The molecule has 29 heavy (non-hydrogen) atoms. The predicted octanol–water partition coefficient (Wildman–Crippen LogP) is 4.28. The van der Waals surface area contributed by atoms with Crippen LogP contribution in [0.1, 0.15) is 17.2 Å². The number of nitrogens with zero attached hydrogens (tertiary/aromatic N) is 2. The number of H-pyrrole nitrogens is 1. The lowest BCUT2D eigenvalue weighted by Gasteiger charge is -2.37. The van der Waals surface area contributed by atoms with E-state index >= 15 is 0 Å². The minimum atomic E-state index is -0.821. The van der Waals surface area contributed by atoms with Crippen molar-refractivity contribution in [1.29, 1.82) is 0 Å². The number of rotatable bonds is 6. The van der Waals surface area contributed by atoms with Gasteiger partial charge in [-0.05, 0) is 17.7 Å². The normalized spacial score (nSPS) is 17.1. The number of aromatic nitrogens is 1.